The second-order valence-electron chi connectivity index (χ2n) is 7.70. The van der Waals surface area contributed by atoms with Gasteiger partial charge in [-0.2, -0.15) is 0 Å². The number of piperidine rings is 1. The Morgan fingerprint density at radius 2 is 2.04 bits per heavy atom. The zero-order valence-corrected chi connectivity index (χ0v) is 14.8. The van der Waals surface area contributed by atoms with Gasteiger partial charge >= 0.3 is 6.09 Å². The highest BCUT2D eigenvalue weighted by atomic mass is 16.6. The van der Waals surface area contributed by atoms with Crippen LogP contribution in [0.2, 0.25) is 0 Å². The van der Waals surface area contributed by atoms with Crippen LogP contribution in [0.25, 0.3) is 0 Å². The maximum absolute atomic E-state index is 12.1. The quantitative estimate of drug-likeness (QED) is 0.926. The van der Waals surface area contributed by atoms with Gasteiger partial charge in [-0.25, -0.2) is 4.79 Å². The van der Waals surface area contributed by atoms with Crippen LogP contribution >= 0.6 is 0 Å². The second kappa shape index (κ2) is 7.30. The highest BCUT2D eigenvalue weighted by Crippen LogP contribution is 2.30. The van der Waals surface area contributed by atoms with Crippen molar-refractivity contribution in [2.45, 2.75) is 52.7 Å². The molecule has 128 valence electrons. The van der Waals surface area contributed by atoms with E-state index in [0.717, 1.165) is 44.7 Å². The van der Waals surface area contributed by atoms with Gasteiger partial charge in [-0.1, -0.05) is 13.0 Å². The first kappa shape index (κ1) is 17.7. The van der Waals surface area contributed by atoms with Crippen LogP contribution in [-0.2, 0) is 11.3 Å². The van der Waals surface area contributed by atoms with Crippen molar-refractivity contribution in [2.24, 2.45) is 5.41 Å². The lowest BCUT2D eigenvalue weighted by Gasteiger charge is -2.39. The first-order chi connectivity index (χ1) is 10.8. The summed E-state index contributed by atoms with van der Waals surface area (Å²) < 4.78 is 5.45. The van der Waals surface area contributed by atoms with E-state index in [9.17, 15) is 4.79 Å². The van der Waals surface area contributed by atoms with E-state index in [-0.39, 0.29) is 11.5 Å². The minimum atomic E-state index is -0.428. The Hall–Kier alpha value is -1.62. The molecule has 0 aliphatic carbocycles. The van der Waals surface area contributed by atoms with Gasteiger partial charge in [0.25, 0.3) is 0 Å². The molecule has 1 aliphatic heterocycles. The van der Waals surface area contributed by atoms with Crippen LogP contribution in [0.4, 0.5) is 4.79 Å². The van der Waals surface area contributed by atoms with Crippen molar-refractivity contribution in [1.29, 1.82) is 0 Å². The SMILES string of the molecule is CC1(CNCc2ccccn2)CCN(C(=O)OC(C)(C)C)CC1. The molecular weight excluding hydrogens is 290 g/mol. The van der Waals surface area contributed by atoms with Gasteiger partial charge in [-0.15, -0.1) is 0 Å². The summed E-state index contributed by atoms with van der Waals surface area (Å²) in [5.41, 5.74) is 0.845. The van der Waals surface area contributed by atoms with Gasteiger partial charge in [-0.3, -0.25) is 4.98 Å². The van der Waals surface area contributed by atoms with E-state index < -0.39 is 5.60 Å². The number of nitrogens with zero attached hydrogens (tertiary/aromatic N) is 2. The van der Waals surface area contributed by atoms with Gasteiger partial charge in [-0.05, 0) is 51.2 Å². The smallest absolute Gasteiger partial charge is 0.410 e. The summed E-state index contributed by atoms with van der Waals surface area (Å²) in [7, 11) is 0. The van der Waals surface area contributed by atoms with Crippen LogP contribution < -0.4 is 5.32 Å². The number of nitrogens with one attached hydrogen (secondary N) is 1. The van der Waals surface area contributed by atoms with Gasteiger partial charge in [0.05, 0.1) is 5.69 Å². The van der Waals surface area contributed by atoms with E-state index in [0.29, 0.717) is 0 Å². The van der Waals surface area contributed by atoms with Crippen LogP contribution in [0, 0.1) is 5.41 Å². The Labute approximate surface area is 139 Å². The number of rotatable bonds is 4. The average molecular weight is 319 g/mol. The summed E-state index contributed by atoms with van der Waals surface area (Å²) >= 11 is 0. The number of carbonyl (C=O) groups is 1. The number of hydrogen-bond donors (Lipinski definition) is 1. The monoisotopic (exact) mass is 319 g/mol. The molecule has 1 saturated heterocycles. The minimum Gasteiger partial charge on any atom is -0.444 e. The van der Waals surface area contributed by atoms with E-state index in [2.05, 4.69) is 17.2 Å². The molecule has 0 saturated carbocycles. The Bertz CT molecular complexity index is 503. The van der Waals surface area contributed by atoms with Crippen molar-refractivity contribution in [3.63, 3.8) is 0 Å². The predicted molar refractivity (Wildman–Crippen MR) is 91.1 cm³/mol. The van der Waals surface area contributed by atoms with Crippen LogP contribution in [0.1, 0.15) is 46.2 Å². The number of hydrogen-bond acceptors (Lipinski definition) is 4. The molecule has 23 heavy (non-hydrogen) atoms. The third-order valence-electron chi connectivity index (χ3n) is 4.21. The first-order valence-corrected chi connectivity index (χ1v) is 8.36. The molecule has 5 nitrogen and oxygen atoms in total. The molecule has 0 atom stereocenters. The van der Waals surface area contributed by atoms with Crippen molar-refractivity contribution < 1.29 is 9.53 Å². The number of ether oxygens (including phenoxy) is 1. The highest BCUT2D eigenvalue weighted by molar-refractivity contribution is 5.68. The summed E-state index contributed by atoms with van der Waals surface area (Å²) in [6.45, 7) is 11.2. The number of pyridine rings is 1. The van der Waals surface area contributed by atoms with E-state index in [1.165, 1.54) is 0 Å². The van der Waals surface area contributed by atoms with Crippen molar-refractivity contribution in [3.8, 4) is 0 Å². The van der Waals surface area contributed by atoms with Crippen LogP contribution in [0.3, 0.4) is 0 Å². The Morgan fingerprint density at radius 3 is 2.61 bits per heavy atom. The molecule has 0 unspecified atom stereocenters. The minimum absolute atomic E-state index is 0.194. The van der Waals surface area contributed by atoms with Crippen LogP contribution in [-0.4, -0.2) is 41.2 Å². The van der Waals surface area contributed by atoms with E-state index >= 15 is 0 Å². The lowest BCUT2D eigenvalue weighted by Crippen LogP contribution is -2.47. The molecule has 1 aromatic heterocycles. The summed E-state index contributed by atoms with van der Waals surface area (Å²) in [6.07, 6.45) is 3.60. The molecule has 1 aliphatic rings. The molecule has 1 amide bonds. The second-order valence-corrected chi connectivity index (χ2v) is 7.70. The van der Waals surface area contributed by atoms with E-state index in [4.69, 9.17) is 4.74 Å². The summed E-state index contributed by atoms with van der Waals surface area (Å²) in [4.78, 5) is 18.3. The molecule has 0 spiro atoms. The lowest BCUT2D eigenvalue weighted by molar-refractivity contribution is 0.0119. The maximum Gasteiger partial charge on any atom is 0.410 e. The number of aromatic nitrogens is 1. The van der Waals surface area contributed by atoms with Gasteiger partial charge in [0.1, 0.15) is 5.60 Å². The molecule has 2 rings (SSSR count). The van der Waals surface area contributed by atoms with Crippen LogP contribution in [0.15, 0.2) is 24.4 Å². The normalized spacial score (nSPS) is 17.8. The summed E-state index contributed by atoms with van der Waals surface area (Å²) in [5, 5.41) is 3.50. The molecule has 5 heteroatoms. The number of amides is 1. The van der Waals surface area contributed by atoms with Crippen molar-refractivity contribution in [2.75, 3.05) is 19.6 Å². The number of carbonyl (C=O) groups excluding carboxylic acids is 1. The standard InChI is InChI=1S/C18H29N3O2/c1-17(2,3)23-16(22)21-11-8-18(4,9-12-21)14-19-13-15-7-5-6-10-20-15/h5-7,10,19H,8-9,11-14H2,1-4H3. The fourth-order valence-electron chi connectivity index (χ4n) is 2.73. The van der Waals surface area contributed by atoms with Gasteiger partial charge in [0.15, 0.2) is 0 Å². The molecule has 1 aromatic rings. The van der Waals surface area contributed by atoms with Crippen molar-refractivity contribution in [3.05, 3.63) is 30.1 Å². The number of likely N-dealkylation sites (tertiary alicyclic amines) is 1. The molecule has 1 fully saturated rings. The molecule has 1 N–H and O–H groups in total. The van der Waals surface area contributed by atoms with Gasteiger partial charge in [0, 0.05) is 32.4 Å². The maximum atomic E-state index is 12.1. The fraction of sp³-hybridized carbons (Fsp3) is 0.667. The molecule has 2 heterocycles. The predicted octanol–water partition coefficient (Wildman–Crippen LogP) is 3.21. The Morgan fingerprint density at radius 1 is 1.35 bits per heavy atom. The third-order valence-corrected chi connectivity index (χ3v) is 4.21. The first-order valence-electron chi connectivity index (χ1n) is 8.36. The lowest BCUT2D eigenvalue weighted by atomic mass is 9.80. The Kier molecular flexibility index (Phi) is 5.63. The summed E-state index contributed by atoms with van der Waals surface area (Å²) in [5.74, 6) is 0. The van der Waals surface area contributed by atoms with Gasteiger partial charge < -0.3 is 15.0 Å². The third kappa shape index (κ3) is 5.82. The summed E-state index contributed by atoms with van der Waals surface area (Å²) in [6, 6.07) is 5.96. The van der Waals surface area contributed by atoms with Crippen molar-refractivity contribution in [1.82, 2.24) is 15.2 Å². The van der Waals surface area contributed by atoms with E-state index in [1.54, 1.807) is 0 Å². The van der Waals surface area contributed by atoms with E-state index in [1.807, 2.05) is 50.1 Å². The molecule has 0 aromatic carbocycles. The topological polar surface area (TPSA) is 54.5 Å². The molecule has 0 radical (unpaired) electrons. The fourth-order valence-corrected chi connectivity index (χ4v) is 2.73. The highest BCUT2D eigenvalue weighted by Gasteiger charge is 2.33. The Balaban J connectivity index is 1.75. The zero-order chi connectivity index (χ0) is 16.9. The molecule has 0 bridgehead atoms. The average Bonchev–Trinajstić information content (AvgIpc) is 2.47. The van der Waals surface area contributed by atoms with Crippen molar-refractivity contribution >= 4 is 6.09 Å². The zero-order valence-electron chi connectivity index (χ0n) is 14.8. The largest absolute Gasteiger partial charge is 0.444 e. The van der Waals surface area contributed by atoms with Crippen LogP contribution in [0.5, 0.6) is 0 Å². The molecular formula is C18H29N3O2. The van der Waals surface area contributed by atoms with Gasteiger partial charge in [0.2, 0.25) is 0 Å².